The number of hydrogen-bond acceptors (Lipinski definition) is 7. The molecule has 0 bridgehead atoms. The number of nitrogens with two attached hydrogens (primary N) is 1. The molecule has 0 aliphatic carbocycles. The molecule has 0 atom stereocenters. The lowest BCUT2D eigenvalue weighted by Crippen LogP contribution is -2.15. The normalized spacial score (nSPS) is 11.1. The lowest BCUT2D eigenvalue weighted by Gasteiger charge is -2.11. The molecule has 0 spiro atoms. The molecule has 11 heteroatoms. The number of carbonyl (C=O) groups is 2. The first-order valence-corrected chi connectivity index (χ1v) is 10.6. The average Bonchev–Trinajstić information content (AvgIpc) is 3.36. The van der Waals surface area contributed by atoms with Crippen LogP contribution in [0.5, 0.6) is 0 Å². The van der Waals surface area contributed by atoms with Crippen LogP contribution in [0.1, 0.15) is 39.3 Å². The zero-order chi connectivity index (χ0) is 23.0. The molecule has 9 nitrogen and oxygen atoms in total. The van der Waals surface area contributed by atoms with E-state index >= 15 is 0 Å². The predicted molar refractivity (Wildman–Crippen MR) is 118 cm³/mol. The summed E-state index contributed by atoms with van der Waals surface area (Å²) in [6.45, 7) is 5.53. The van der Waals surface area contributed by atoms with E-state index in [1.807, 2.05) is 20.8 Å². The highest BCUT2D eigenvalue weighted by Crippen LogP contribution is 2.29. The molecule has 3 aromatic heterocycles. The fourth-order valence-corrected chi connectivity index (χ4v) is 4.32. The quantitative estimate of drug-likeness (QED) is 0.462. The Morgan fingerprint density at radius 2 is 2.00 bits per heavy atom. The lowest BCUT2D eigenvalue weighted by atomic mass is 10.1. The number of amides is 2. The van der Waals surface area contributed by atoms with E-state index < -0.39 is 5.91 Å². The maximum absolute atomic E-state index is 13.6. The number of benzene rings is 1. The van der Waals surface area contributed by atoms with Crippen molar-refractivity contribution in [2.45, 2.75) is 33.6 Å². The van der Waals surface area contributed by atoms with E-state index in [1.165, 1.54) is 29.7 Å². The van der Waals surface area contributed by atoms with E-state index in [1.54, 1.807) is 10.6 Å². The fourth-order valence-electron chi connectivity index (χ4n) is 3.47. The van der Waals surface area contributed by atoms with Crippen LogP contribution in [0.4, 0.5) is 9.52 Å². The largest absolute Gasteiger partial charge is 0.365 e. The Bertz CT molecular complexity index is 1360. The highest BCUT2D eigenvalue weighted by atomic mass is 32.1. The first-order chi connectivity index (χ1) is 15.2. The summed E-state index contributed by atoms with van der Waals surface area (Å²) in [4.78, 5) is 28.5. The molecular formula is C21H20FN7O2S. The predicted octanol–water partition coefficient (Wildman–Crippen LogP) is 2.98. The molecule has 1 aromatic carbocycles. The minimum atomic E-state index is -0.594. The molecule has 3 N–H and O–H groups in total. The minimum Gasteiger partial charge on any atom is -0.365 e. The maximum Gasteiger partial charge on any atom is 0.254 e. The summed E-state index contributed by atoms with van der Waals surface area (Å²) in [6.07, 6.45) is 2.00. The van der Waals surface area contributed by atoms with Gasteiger partial charge in [-0.2, -0.15) is 5.10 Å². The second-order valence-electron chi connectivity index (χ2n) is 7.34. The van der Waals surface area contributed by atoms with Crippen LogP contribution in [0, 0.1) is 26.6 Å². The van der Waals surface area contributed by atoms with Crippen molar-refractivity contribution >= 4 is 33.9 Å². The van der Waals surface area contributed by atoms with Crippen molar-refractivity contribution in [1.29, 1.82) is 0 Å². The summed E-state index contributed by atoms with van der Waals surface area (Å²) in [7, 11) is 0. The number of fused-ring (bicyclic) bond motifs is 1. The maximum atomic E-state index is 13.6. The molecule has 0 fully saturated rings. The van der Waals surface area contributed by atoms with Gasteiger partial charge in [-0.1, -0.05) is 17.4 Å². The SMILES string of the molecule is Cc1ccc(F)cc1-c1nnc(NC(=O)CCc2c(C)nc3c(C(N)=O)cnn3c2C)s1. The summed E-state index contributed by atoms with van der Waals surface area (Å²) in [5.74, 6) is -1.19. The standard InChI is InChI=1S/C21H20FN7O2S/c1-10-4-5-13(22)8-15(10)20-27-28-21(32-20)26-17(30)7-6-14-11(2)25-19-16(18(23)31)9-24-29(19)12(14)3/h4-5,8-9H,6-7H2,1-3H3,(H2,23,31)(H,26,28,30). The fraction of sp³-hybridized carbons (Fsp3) is 0.238. The van der Waals surface area contributed by atoms with Crippen molar-refractivity contribution in [3.63, 3.8) is 0 Å². The van der Waals surface area contributed by atoms with E-state index in [4.69, 9.17) is 5.73 Å². The molecule has 164 valence electrons. The molecule has 0 aliphatic rings. The molecule has 0 radical (unpaired) electrons. The Morgan fingerprint density at radius 3 is 2.75 bits per heavy atom. The van der Waals surface area contributed by atoms with Crippen LogP contribution in [-0.2, 0) is 11.2 Å². The van der Waals surface area contributed by atoms with E-state index in [9.17, 15) is 14.0 Å². The Labute approximate surface area is 186 Å². The summed E-state index contributed by atoms with van der Waals surface area (Å²) in [5, 5.41) is 15.9. The second-order valence-corrected chi connectivity index (χ2v) is 8.32. The van der Waals surface area contributed by atoms with Crippen molar-refractivity contribution in [1.82, 2.24) is 24.8 Å². The molecular weight excluding hydrogens is 433 g/mol. The Hall–Kier alpha value is -3.73. The Morgan fingerprint density at radius 1 is 1.22 bits per heavy atom. The monoisotopic (exact) mass is 453 g/mol. The molecule has 32 heavy (non-hydrogen) atoms. The van der Waals surface area contributed by atoms with Gasteiger partial charge in [-0.15, -0.1) is 10.2 Å². The van der Waals surface area contributed by atoms with Crippen LogP contribution < -0.4 is 11.1 Å². The van der Waals surface area contributed by atoms with Crippen LogP contribution in [0.25, 0.3) is 16.2 Å². The van der Waals surface area contributed by atoms with Crippen molar-refractivity contribution in [2.24, 2.45) is 5.73 Å². The van der Waals surface area contributed by atoms with Crippen LogP contribution in [0.3, 0.4) is 0 Å². The van der Waals surface area contributed by atoms with E-state index in [2.05, 4.69) is 25.6 Å². The topological polar surface area (TPSA) is 128 Å². The first-order valence-electron chi connectivity index (χ1n) is 9.78. The summed E-state index contributed by atoms with van der Waals surface area (Å²) >= 11 is 1.18. The third kappa shape index (κ3) is 4.06. The number of rotatable bonds is 6. The van der Waals surface area contributed by atoms with E-state index in [0.29, 0.717) is 33.5 Å². The van der Waals surface area contributed by atoms with Crippen LogP contribution in [0.15, 0.2) is 24.4 Å². The van der Waals surface area contributed by atoms with Gasteiger partial charge in [0.2, 0.25) is 11.0 Å². The van der Waals surface area contributed by atoms with Crippen molar-refractivity contribution < 1.29 is 14.0 Å². The molecule has 4 rings (SSSR count). The molecule has 2 amide bonds. The highest BCUT2D eigenvalue weighted by molar-refractivity contribution is 7.18. The van der Waals surface area contributed by atoms with Gasteiger partial charge < -0.3 is 11.1 Å². The molecule has 3 heterocycles. The molecule has 0 saturated heterocycles. The zero-order valence-corrected chi connectivity index (χ0v) is 18.5. The van der Waals surface area contributed by atoms with Crippen molar-refractivity contribution in [2.75, 3.05) is 5.32 Å². The summed E-state index contributed by atoms with van der Waals surface area (Å²) in [5.41, 5.74) is 9.88. The highest BCUT2D eigenvalue weighted by Gasteiger charge is 2.18. The second kappa shape index (κ2) is 8.42. The third-order valence-electron chi connectivity index (χ3n) is 5.18. The minimum absolute atomic E-state index is 0.187. The van der Waals surface area contributed by atoms with Gasteiger partial charge in [0, 0.05) is 23.4 Å². The smallest absolute Gasteiger partial charge is 0.254 e. The van der Waals surface area contributed by atoms with Gasteiger partial charge in [0.15, 0.2) is 5.65 Å². The molecule has 0 unspecified atom stereocenters. The number of hydrogen-bond donors (Lipinski definition) is 2. The van der Waals surface area contributed by atoms with Gasteiger partial charge in [-0.05, 0) is 50.5 Å². The summed E-state index contributed by atoms with van der Waals surface area (Å²) < 4.78 is 15.1. The number of aromatic nitrogens is 5. The van der Waals surface area contributed by atoms with Gasteiger partial charge in [-0.3, -0.25) is 9.59 Å². The van der Waals surface area contributed by atoms with E-state index in [0.717, 1.165) is 16.8 Å². The summed E-state index contributed by atoms with van der Waals surface area (Å²) in [6, 6.07) is 4.46. The Balaban J connectivity index is 1.47. The van der Waals surface area contributed by atoms with Gasteiger partial charge in [0.25, 0.3) is 5.91 Å². The van der Waals surface area contributed by atoms with Gasteiger partial charge >= 0.3 is 0 Å². The number of anilines is 1. The third-order valence-corrected chi connectivity index (χ3v) is 6.05. The number of nitrogens with zero attached hydrogens (tertiary/aromatic N) is 5. The van der Waals surface area contributed by atoms with Crippen LogP contribution >= 0.6 is 11.3 Å². The number of primary amides is 1. The zero-order valence-electron chi connectivity index (χ0n) is 17.6. The van der Waals surface area contributed by atoms with E-state index in [-0.39, 0.29) is 23.7 Å². The van der Waals surface area contributed by atoms with Gasteiger partial charge in [0.05, 0.1) is 6.20 Å². The molecule has 0 saturated carbocycles. The molecule has 0 aliphatic heterocycles. The lowest BCUT2D eigenvalue weighted by molar-refractivity contribution is -0.116. The van der Waals surface area contributed by atoms with Gasteiger partial charge in [-0.25, -0.2) is 13.9 Å². The number of nitrogens with one attached hydrogen (secondary N) is 1. The van der Waals surface area contributed by atoms with Crippen molar-refractivity contribution in [3.8, 4) is 10.6 Å². The van der Waals surface area contributed by atoms with Crippen LogP contribution in [0.2, 0.25) is 0 Å². The van der Waals surface area contributed by atoms with Crippen LogP contribution in [-0.4, -0.2) is 36.6 Å². The average molecular weight is 454 g/mol. The number of carbonyl (C=O) groups excluding carboxylic acids is 2. The molecule has 4 aromatic rings. The number of halogens is 1. The first kappa shape index (κ1) is 21.5. The number of aryl methyl sites for hydroxylation is 3. The Kier molecular flexibility index (Phi) is 5.66. The van der Waals surface area contributed by atoms with Gasteiger partial charge in [0.1, 0.15) is 16.4 Å². The van der Waals surface area contributed by atoms with Crippen molar-refractivity contribution in [3.05, 3.63) is 58.3 Å².